The van der Waals surface area contributed by atoms with E-state index in [1.807, 2.05) is 0 Å². The standard InChI is InChI=1S/C16H26N4O5S/c1-15(2,3)24-13(21)19-20(14(22)25-16(4,5)6)10-9-17-12(26-8)18-11(10)23-7/h9H,1-8H3,(H,19,21). The lowest BCUT2D eigenvalue weighted by Crippen LogP contribution is -2.50. The lowest BCUT2D eigenvalue weighted by atomic mass is 10.2. The van der Waals surface area contributed by atoms with E-state index in [0.717, 1.165) is 5.01 Å². The number of hydrogen-bond donors (Lipinski definition) is 1. The van der Waals surface area contributed by atoms with Crippen molar-refractivity contribution in [2.45, 2.75) is 57.9 Å². The van der Waals surface area contributed by atoms with Crippen LogP contribution in [-0.4, -0.2) is 46.7 Å². The Morgan fingerprint density at radius 2 is 1.69 bits per heavy atom. The van der Waals surface area contributed by atoms with Gasteiger partial charge in [-0.3, -0.25) is 0 Å². The Morgan fingerprint density at radius 1 is 1.12 bits per heavy atom. The molecule has 1 N–H and O–H groups in total. The topological polar surface area (TPSA) is 103 Å². The summed E-state index contributed by atoms with van der Waals surface area (Å²) in [6, 6.07) is 0. The lowest BCUT2D eigenvalue weighted by molar-refractivity contribution is 0.0424. The Hall–Kier alpha value is -2.23. The minimum atomic E-state index is -0.834. The minimum Gasteiger partial charge on any atom is -0.479 e. The molecule has 0 atom stereocenters. The van der Waals surface area contributed by atoms with Crippen molar-refractivity contribution in [2.75, 3.05) is 18.4 Å². The van der Waals surface area contributed by atoms with Gasteiger partial charge < -0.3 is 14.2 Å². The second-order valence-corrected chi connectivity index (χ2v) is 7.95. The van der Waals surface area contributed by atoms with Gasteiger partial charge in [0.25, 0.3) is 0 Å². The second kappa shape index (κ2) is 8.43. The molecule has 2 amide bonds. The van der Waals surface area contributed by atoms with Gasteiger partial charge in [0.2, 0.25) is 5.88 Å². The number of amides is 2. The molecule has 0 radical (unpaired) electrons. The fourth-order valence-electron chi connectivity index (χ4n) is 1.65. The van der Waals surface area contributed by atoms with Gasteiger partial charge in [-0.05, 0) is 47.8 Å². The number of thioether (sulfide) groups is 1. The summed E-state index contributed by atoms with van der Waals surface area (Å²) >= 11 is 1.31. The zero-order valence-corrected chi connectivity index (χ0v) is 17.2. The van der Waals surface area contributed by atoms with E-state index >= 15 is 0 Å². The van der Waals surface area contributed by atoms with E-state index in [1.165, 1.54) is 25.1 Å². The maximum Gasteiger partial charge on any atom is 0.434 e. The Balaban J connectivity index is 3.23. The number of methoxy groups -OCH3 is 1. The van der Waals surface area contributed by atoms with E-state index in [-0.39, 0.29) is 11.6 Å². The highest BCUT2D eigenvalue weighted by Crippen LogP contribution is 2.27. The molecule has 0 unspecified atom stereocenters. The minimum absolute atomic E-state index is 0.103. The summed E-state index contributed by atoms with van der Waals surface area (Å²) in [6.07, 6.45) is 1.50. The molecule has 0 saturated heterocycles. The molecule has 0 spiro atoms. The van der Waals surface area contributed by atoms with Crippen LogP contribution in [0.2, 0.25) is 0 Å². The highest BCUT2D eigenvalue weighted by atomic mass is 32.2. The molecular formula is C16H26N4O5S. The molecule has 0 saturated carbocycles. The van der Waals surface area contributed by atoms with E-state index in [4.69, 9.17) is 14.2 Å². The fraction of sp³-hybridized carbons (Fsp3) is 0.625. The summed E-state index contributed by atoms with van der Waals surface area (Å²) < 4.78 is 15.8. The Kier molecular flexibility index (Phi) is 7.08. The smallest absolute Gasteiger partial charge is 0.434 e. The van der Waals surface area contributed by atoms with Crippen LogP contribution < -0.4 is 15.2 Å². The normalized spacial score (nSPS) is 11.5. The van der Waals surface area contributed by atoms with E-state index < -0.39 is 23.4 Å². The molecule has 0 aliphatic carbocycles. The monoisotopic (exact) mass is 386 g/mol. The van der Waals surface area contributed by atoms with Crippen LogP contribution >= 0.6 is 11.8 Å². The van der Waals surface area contributed by atoms with E-state index in [1.54, 1.807) is 47.8 Å². The van der Waals surface area contributed by atoms with E-state index in [0.29, 0.717) is 5.16 Å². The first-order valence-corrected chi connectivity index (χ1v) is 9.06. The maximum absolute atomic E-state index is 12.6. The van der Waals surface area contributed by atoms with Crippen LogP contribution in [-0.2, 0) is 9.47 Å². The van der Waals surface area contributed by atoms with Gasteiger partial charge in [0, 0.05) is 0 Å². The number of hydrazine groups is 1. The molecule has 1 aromatic rings. The van der Waals surface area contributed by atoms with Gasteiger partial charge in [0.05, 0.1) is 13.3 Å². The Bertz CT molecular complexity index is 655. The number of ether oxygens (including phenoxy) is 3. The number of carbonyl (C=O) groups excluding carboxylic acids is 2. The summed E-state index contributed by atoms with van der Waals surface area (Å²) in [5.74, 6) is 0.103. The highest BCUT2D eigenvalue weighted by molar-refractivity contribution is 7.98. The zero-order chi connectivity index (χ0) is 20.1. The Morgan fingerprint density at radius 3 is 2.15 bits per heavy atom. The highest BCUT2D eigenvalue weighted by Gasteiger charge is 2.30. The first-order valence-electron chi connectivity index (χ1n) is 7.84. The molecule has 146 valence electrons. The molecule has 0 aliphatic heterocycles. The predicted octanol–water partition coefficient (Wildman–Crippen LogP) is 3.39. The number of anilines is 1. The van der Waals surface area contributed by atoms with Gasteiger partial charge in [-0.1, -0.05) is 11.8 Å². The van der Waals surface area contributed by atoms with Crippen LogP contribution in [0.3, 0.4) is 0 Å². The molecule has 1 heterocycles. The molecule has 1 rings (SSSR count). The van der Waals surface area contributed by atoms with Gasteiger partial charge in [0.1, 0.15) is 11.2 Å². The van der Waals surface area contributed by atoms with Gasteiger partial charge in [-0.2, -0.15) is 9.99 Å². The predicted molar refractivity (Wildman–Crippen MR) is 98.4 cm³/mol. The Labute approximate surface area is 157 Å². The summed E-state index contributed by atoms with van der Waals surface area (Å²) in [7, 11) is 1.40. The number of hydrogen-bond acceptors (Lipinski definition) is 8. The quantitative estimate of drug-likeness (QED) is 0.479. The van der Waals surface area contributed by atoms with Crippen LogP contribution in [0.15, 0.2) is 11.4 Å². The van der Waals surface area contributed by atoms with E-state index in [9.17, 15) is 9.59 Å². The number of nitrogens with one attached hydrogen (secondary N) is 1. The van der Waals surface area contributed by atoms with E-state index in [2.05, 4.69) is 15.4 Å². The largest absolute Gasteiger partial charge is 0.479 e. The van der Waals surface area contributed by atoms with Gasteiger partial charge in [-0.25, -0.2) is 20.0 Å². The molecule has 10 heteroatoms. The average molecular weight is 386 g/mol. The molecular weight excluding hydrogens is 360 g/mol. The first-order chi connectivity index (χ1) is 11.9. The third kappa shape index (κ3) is 6.95. The van der Waals surface area contributed by atoms with Crippen LogP contribution in [0.25, 0.3) is 0 Å². The van der Waals surface area contributed by atoms with Gasteiger partial charge in [-0.15, -0.1) is 0 Å². The van der Waals surface area contributed by atoms with Crippen molar-refractivity contribution in [3.05, 3.63) is 6.20 Å². The molecule has 1 aromatic heterocycles. The van der Waals surface area contributed by atoms with Crippen molar-refractivity contribution in [3.63, 3.8) is 0 Å². The van der Waals surface area contributed by atoms with Crippen molar-refractivity contribution in [2.24, 2.45) is 0 Å². The van der Waals surface area contributed by atoms with Crippen LogP contribution in [0.5, 0.6) is 5.88 Å². The van der Waals surface area contributed by atoms with Crippen molar-refractivity contribution in [3.8, 4) is 5.88 Å². The molecule has 0 bridgehead atoms. The van der Waals surface area contributed by atoms with Gasteiger partial charge in [0.15, 0.2) is 10.8 Å². The van der Waals surface area contributed by atoms with Crippen LogP contribution in [0, 0.1) is 0 Å². The van der Waals surface area contributed by atoms with Crippen molar-refractivity contribution in [1.29, 1.82) is 0 Å². The van der Waals surface area contributed by atoms with Crippen LogP contribution in [0.1, 0.15) is 41.5 Å². The maximum atomic E-state index is 12.6. The number of aromatic nitrogens is 2. The SMILES string of the molecule is COc1nc(SC)ncc1N(NC(=O)OC(C)(C)C)C(=O)OC(C)(C)C. The van der Waals surface area contributed by atoms with Crippen molar-refractivity contribution >= 4 is 29.6 Å². The number of nitrogens with zero attached hydrogens (tertiary/aromatic N) is 3. The summed E-state index contributed by atoms with van der Waals surface area (Å²) in [6.45, 7) is 10.3. The number of carbonyl (C=O) groups is 2. The third-order valence-electron chi connectivity index (χ3n) is 2.51. The zero-order valence-electron chi connectivity index (χ0n) is 16.4. The van der Waals surface area contributed by atoms with Crippen LogP contribution in [0.4, 0.5) is 15.3 Å². The second-order valence-electron chi connectivity index (χ2n) is 7.18. The van der Waals surface area contributed by atoms with Gasteiger partial charge >= 0.3 is 12.2 Å². The molecule has 0 aromatic carbocycles. The lowest BCUT2D eigenvalue weighted by Gasteiger charge is -2.29. The number of rotatable bonds is 3. The molecule has 26 heavy (non-hydrogen) atoms. The average Bonchev–Trinajstić information content (AvgIpc) is 2.48. The molecule has 0 fully saturated rings. The van der Waals surface area contributed by atoms with Crippen molar-refractivity contribution in [1.82, 2.24) is 15.4 Å². The summed E-state index contributed by atoms with van der Waals surface area (Å²) in [5, 5.41) is 1.31. The fourth-order valence-corrected chi connectivity index (χ4v) is 1.98. The van der Waals surface area contributed by atoms with Crippen molar-refractivity contribution < 1.29 is 23.8 Å². The first kappa shape index (κ1) is 21.8. The third-order valence-corrected chi connectivity index (χ3v) is 3.07. The summed E-state index contributed by atoms with van der Waals surface area (Å²) in [4.78, 5) is 33.1. The molecule has 0 aliphatic rings. The molecule has 9 nitrogen and oxygen atoms in total. The summed E-state index contributed by atoms with van der Waals surface area (Å²) in [5.41, 5.74) is 0.949.